The van der Waals surface area contributed by atoms with Gasteiger partial charge < -0.3 is 15.6 Å². The molecule has 0 aliphatic rings. The Bertz CT molecular complexity index is 342. The highest BCUT2D eigenvalue weighted by molar-refractivity contribution is 5.41. The van der Waals surface area contributed by atoms with Crippen molar-refractivity contribution in [2.75, 3.05) is 6.61 Å². The number of benzene rings is 1. The van der Waals surface area contributed by atoms with E-state index in [9.17, 15) is 5.11 Å². The Hall–Kier alpha value is -1.22. The van der Waals surface area contributed by atoms with Crippen LogP contribution in [0.5, 0.6) is 11.5 Å². The monoisotopic (exact) mass is 223 g/mol. The van der Waals surface area contributed by atoms with Gasteiger partial charge in [-0.25, -0.2) is 0 Å². The Kier molecular flexibility index (Phi) is 4.19. The van der Waals surface area contributed by atoms with E-state index in [2.05, 4.69) is 0 Å². The molecule has 0 saturated heterocycles. The van der Waals surface area contributed by atoms with E-state index >= 15 is 0 Å². The summed E-state index contributed by atoms with van der Waals surface area (Å²) in [4.78, 5) is 0. The number of phenolic OH excluding ortho intramolecular Hbond substituents is 1. The van der Waals surface area contributed by atoms with Gasteiger partial charge in [0.2, 0.25) is 0 Å². The zero-order valence-corrected chi connectivity index (χ0v) is 10.3. The van der Waals surface area contributed by atoms with Crippen LogP contribution in [0.25, 0.3) is 0 Å². The van der Waals surface area contributed by atoms with Crippen LogP contribution in [0.2, 0.25) is 0 Å². The molecule has 0 spiro atoms. The first kappa shape index (κ1) is 12.8. The Balaban J connectivity index is 2.71. The van der Waals surface area contributed by atoms with E-state index in [0.717, 1.165) is 18.4 Å². The van der Waals surface area contributed by atoms with Gasteiger partial charge in [0.1, 0.15) is 0 Å². The summed E-state index contributed by atoms with van der Waals surface area (Å²) in [7, 11) is 0. The average molecular weight is 223 g/mol. The second-order valence-electron chi connectivity index (χ2n) is 4.72. The maximum atomic E-state index is 9.54. The molecule has 16 heavy (non-hydrogen) atoms. The predicted octanol–water partition coefficient (Wildman–Crippen LogP) is 2.46. The molecular weight excluding hydrogens is 202 g/mol. The summed E-state index contributed by atoms with van der Waals surface area (Å²) in [6.07, 6.45) is 1.80. The Morgan fingerprint density at radius 3 is 2.62 bits per heavy atom. The number of rotatable bonds is 5. The normalized spacial score (nSPS) is 11.5. The van der Waals surface area contributed by atoms with Crippen molar-refractivity contribution >= 4 is 0 Å². The first-order valence-electron chi connectivity index (χ1n) is 5.66. The molecule has 0 saturated carbocycles. The van der Waals surface area contributed by atoms with Gasteiger partial charge in [-0.2, -0.15) is 0 Å². The Labute approximate surface area is 97.2 Å². The number of hydrogen-bond donors (Lipinski definition) is 2. The van der Waals surface area contributed by atoms with Crippen molar-refractivity contribution in [3.8, 4) is 11.5 Å². The first-order chi connectivity index (χ1) is 7.42. The Morgan fingerprint density at radius 2 is 2.06 bits per heavy atom. The number of phenols is 1. The summed E-state index contributed by atoms with van der Waals surface area (Å²) in [6.45, 7) is 6.47. The lowest BCUT2D eigenvalue weighted by Gasteiger charge is -2.18. The van der Waals surface area contributed by atoms with Crippen LogP contribution < -0.4 is 10.5 Å². The summed E-state index contributed by atoms with van der Waals surface area (Å²) in [5.41, 5.74) is 6.90. The van der Waals surface area contributed by atoms with Crippen LogP contribution in [-0.4, -0.2) is 17.3 Å². The van der Waals surface area contributed by atoms with Crippen molar-refractivity contribution in [1.29, 1.82) is 0 Å². The van der Waals surface area contributed by atoms with E-state index in [0.29, 0.717) is 12.4 Å². The van der Waals surface area contributed by atoms with E-state index in [1.807, 2.05) is 32.9 Å². The first-order valence-corrected chi connectivity index (χ1v) is 5.66. The second-order valence-corrected chi connectivity index (χ2v) is 4.72. The summed E-state index contributed by atoms with van der Waals surface area (Å²) in [6, 6.07) is 5.46. The minimum Gasteiger partial charge on any atom is -0.504 e. The van der Waals surface area contributed by atoms with Gasteiger partial charge in [-0.1, -0.05) is 6.07 Å². The van der Waals surface area contributed by atoms with Crippen LogP contribution in [-0.2, 0) is 6.42 Å². The van der Waals surface area contributed by atoms with Gasteiger partial charge in [0.15, 0.2) is 11.5 Å². The van der Waals surface area contributed by atoms with Crippen LogP contribution in [0.3, 0.4) is 0 Å². The lowest BCUT2D eigenvalue weighted by Crippen LogP contribution is -2.32. The fourth-order valence-electron chi connectivity index (χ4n) is 1.45. The molecule has 0 fully saturated rings. The molecule has 0 unspecified atom stereocenters. The number of aryl methyl sites for hydroxylation is 1. The number of ether oxygens (including phenoxy) is 1. The van der Waals surface area contributed by atoms with Gasteiger partial charge in [-0.05, 0) is 51.3 Å². The van der Waals surface area contributed by atoms with Crippen molar-refractivity contribution in [2.45, 2.75) is 39.2 Å². The van der Waals surface area contributed by atoms with Crippen molar-refractivity contribution in [1.82, 2.24) is 0 Å². The Morgan fingerprint density at radius 1 is 1.38 bits per heavy atom. The minimum absolute atomic E-state index is 0.163. The largest absolute Gasteiger partial charge is 0.504 e. The van der Waals surface area contributed by atoms with E-state index in [1.165, 1.54) is 0 Å². The molecule has 1 aromatic rings. The van der Waals surface area contributed by atoms with Gasteiger partial charge in [0, 0.05) is 5.54 Å². The maximum absolute atomic E-state index is 9.54. The molecule has 0 aromatic heterocycles. The van der Waals surface area contributed by atoms with Gasteiger partial charge in [-0.15, -0.1) is 0 Å². The third-order valence-electron chi connectivity index (χ3n) is 2.38. The number of hydrogen-bond acceptors (Lipinski definition) is 3. The van der Waals surface area contributed by atoms with Gasteiger partial charge in [-0.3, -0.25) is 0 Å². The summed E-state index contributed by atoms with van der Waals surface area (Å²) >= 11 is 0. The van der Waals surface area contributed by atoms with Crippen molar-refractivity contribution in [2.24, 2.45) is 5.73 Å². The lowest BCUT2D eigenvalue weighted by atomic mass is 9.96. The molecule has 0 aliphatic carbocycles. The fourth-order valence-corrected chi connectivity index (χ4v) is 1.45. The standard InChI is InChI=1S/C13H21NO2/c1-4-16-12-9-10(5-6-11(12)15)7-8-13(2,3)14/h5-6,9,15H,4,7-8,14H2,1-3H3. The molecule has 1 aromatic carbocycles. The van der Waals surface area contributed by atoms with Crippen molar-refractivity contribution < 1.29 is 9.84 Å². The third kappa shape index (κ3) is 4.11. The highest BCUT2D eigenvalue weighted by Gasteiger charge is 2.11. The molecule has 0 amide bonds. The third-order valence-corrected chi connectivity index (χ3v) is 2.38. The quantitative estimate of drug-likeness (QED) is 0.806. The summed E-state index contributed by atoms with van der Waals surface area (Å²) in [5.74, 6) is 0.743. The second kappa shape index (κ2) is 5.21. The highest BCUT2D eigenvalue weighted by atomic mass is 16.5. The molecule has 3 nitrogen and oxygen atoms in total. The number of aromatic hydroxyl groups is 1. The minimum atomic E-state index is -0.163. The molecule has 0 bridgehead atoms. The van der Waals surface area contributed by atoms with Gasteiger partial charge in [0.25, 0.3) is 0 Å². The fraction of sp³-hybridized carbons (Fsp3) is 0.538. The predicted molar refractivity (Wildman–Crippen MR) is 65.9 cm³/mol. The van der Waals surface area contributed by atoms with Crippen LogP contribution in [0, 0.1) is 0 Å². The molecule has 0 aliphatic heterocycles. The number of nitrogens with two attached hydrogens (primary N) is 1. The van der Waals surface area contributed by atoms with Crippen molar-refractivity contribution in [3.63, 3.8) is 0 Å². The maximum Gasteiger partial charge on any atom is 0.161 e. The molecule has 90 valence electrons. The van der Waals surface area contributed by atoms with E-state index < -0.39 is 0 Å². The van der Waals surface area contributed by atoms with Gasteiger partial charge >= 0.3 is 0 Å². The molecule has 3 N–H and O–H groups in total. The van der Waals surface area contributed by atoms with E-state index in [4.69, 9.17) is 10.5 Å². The summed E-state index contributed by atoms with van der Waals surface area (Å²) < 4.78 is 5.33. The van der Waals surface area contributed by atoms with Gasteiger partial charge in [0.05, 0.1) is 6.61 Å². The molecule has 0 radical (unpaired) electrons. The zero-order chi connectivity index (χ0) is 12.2. The van der Waals surface area contributed by atoms with Crippen LogP contribution in [0.4, 0.5) is 0 Å². The molecule has 3 heteroatoms. The van der Waals surface area contributed by atoms with Crippen molar-refractivity contribution in [3.05, 3.63) is 23.8 Å². The van der Waals surface area contributed by atoms with Crippen LogP contribution >= 0.6 is 0 Å². The smallest absolute Gasteiger partial charge is 0.161 e. The van der Waals surface area contributed by atoms with E-state index in [1.54, 1.807) is 6.07 Å². The lowest BCUT2D eigenvalue weighted by molar-refractivity contribution is 0.317. The highest BCUT2D eigenvalue weighted by Crippen LogP contribution is 2.27. The SMILES string of the molecule is CCOc1cc(CCC(C)(C)N)ccc1O. The molecular formula is C13H21NO2. The molecule has 0 heterocycles. The summed E-state index contributed by atoms with van der Waals surface area (Å²) in [5, 5.41) is 9.54. The molecule has 0 atom stereocenters. The average Bonchev–Trinajstić information content (AvgIpc) is 2.18. The van der Waals surface area contributed by atoms with E-state index in [-0.39, 0.29) is 11.3 Å². The topological polar surface area (TPSA) is 55.5 Å². The van der Waals surface area contributed by atoms with Crippen LogP contribution in [0.1, 0.15) is 32.8 Å². The molecule has 1 rings (SSSR count). The zero-order valence-electron chi connectivity index (χ0n) is 10.3. The van der Waals surface area contributed by atoms with Crippen LogP contribution in [0.15, 0.2) is 18.2 Å².